The van der Waals surface area contributed by atoms with Gasteiger partial charge in [0, 0.05) is 25.7 Å². The van der Waals surface area contributed by atoms with E-state index in [1.807, 2.05) is 0 Å². The van der Waals surface area contributed by atoms with E-state index in [1.54, 1.807) is 0 Å². The number of hydrogen-bond acceptors (Lipinski definition) is 2. The van der Waals surface area contributed by atoms with Crippen LogP contribution in [0.2, 0.25) is 0 Å². The minimum absolute atomic E-state index is 0.0431. The Morgan fingerprint density at radius 1 is 1.11 bits per heavy atom. The van der Waals surface area contributed by atoms with Crippen molar-refractivity contribution in [3.63, 3.8) is 0 Å². The van der Waals surface area contributed by atoms with Crippen molar-refractivity contribution in [2.45, 2.75) is 24.8 Å². The van der Waals surface area contributed by atoms with E-state index in [4.69, 9.17) is 0 Å². The van der Waals surface area contributed by atoms with Crippen LogP contribution in [-0.4, -0.2) is 48.8 Å². The number of halogens is 6. The molecule has 0 aromatic heterocycles. The van der Waals surface area contributed by atoms with Crippen molar-refractivity contribution in [3.05, 3.63) is 0 Å². The Balaban J connectivity index is 2.21. The maximum atomic E-state index is 12.5. The Kier molecular flexibility index (Phi) is 3.44. The van der Waals surface area contributed by atoms with Gasteiger partial charge in [0.05, 0.1) is 0 Å². The molecule has 2 aliphatic heterocycles. The summed E-state index contributed by atoms with van der Waals surface area (Å²) in [5, 5.41) is 2.87. The second-order valence-electron chi connectivity index (χ2n) is 4.82. The second-order valence-corrected chi connectivity index (χ2v) is 4.82. The molecule has 0 spiro atoms. The van der Waals surface area contributed by atoms with Crippen molar-refractivity contribution < 1.29 is 31.1 Å². The van der Waals surface area contributed by atoms with Gasteiger partial charge in [-0.2, -0.15) is 26.3 Å². The van der Waals surface area contributed by atoms with E-state index in [2.05, 4.69) is 5.32 Å². The lowest BCUT2D eigenvalue weighted by molar-refractivity contribution is -0.277. The highest BCUT2D eigenvalue weighted by molar-refractivity contribution is 5.81. The maximum Gasteiger partial charge on any atom is 0.409 e. The molecule has 1 amide bonds. The van der Waals surface area contributed by atoms with Gasteiger partial charge in [0.2, 0.25) is 11.8 Å². The van der Waals surface area contributed by atoms with E-state index in [9.17, 15) is 31.1 Å². The molecule has 0 unspecified atom stereocenters. The number of nitrogens with one attached hydrogen (secondary N) is 1. The van der Waals surface area contributed by atoms with E-state index in [1.165, 1.54) is 0 Å². The van der Waals surface area contributed by atoms with Crippen LogP contribution < -0.4 is 5.32 Å². The molecule has 19 heavy (non-hydrogen) atoms. The van der Waals surface area contributed by atoms with Crippen LogP contribution in [0.4, 0.5) is 26.3 Å². The highest BCUT2D eigenvalue weighted by atomic mass is 19.4. The van der Waals surface area contributed by atoms with Crippen molar-refractivity contribution in [2.24, 2.45) is 11.8 Å². The molecule has 2 saturated heterocycles. The van der Waals surface area contributed by atoms with Crippen LogP contribution in [0.3, 0.4) is 0 Å². The van der Waals surface area contributed by atoms with Gasteiger partial charge in [-0.1, -0.05) is 0 Å². The van der Waals surface area contributed by atoms with Crippen LogP contribution in [0.1, 0.15) is 6.42 Å². The first kappa shape index (κ1) is 14.4. The number of nitrogens with zero attached hydrogens (tertiary/aromatic N) is 1. The Morgan fingerprint density at radius 2 is 1.68 bits per heavy atom. The molecule has 0 saturated carbocycles. The van der Waals surface area contributed by atoms with E-state index < -0.39 is 30.2 Å². The minimum Gasteiger partial charge on any atom is -0.337 e. The summed E-state index contributed by atoms with van der Waals surface area (Å²) < 4.78 is 74.9. The van der Waals surface area contributed by atoms with Gasteiger partial charge in [-0.25, -0.2) is 0 Å². The van der Waals surface area contributed by atoms with Crippen molar-refractivity contribution in [1.29, 1.82) is 0 Å². The Morgan fingerprint density at radius 3 is 2.21 bits per heavy atom. The van der Waals surface area contributed by atoms with Crippen LogP contribution in [-0.2, 0) is 4.79 Å². The molecule has 0 aromatic rings. The predicted octanol–water partition coefficient (Wildman–Crippen LogP) is 1.55. The summed E-state index contributed by atoms with van der Waals surface area (Å²) in [5.41, 5.74) is 0. The van der Waals surface area contributed by atoms with Crippen LogP contribution in [0.5, 0.6) is 0 Å². The number of amides is 1. The van der Waals surface area contributed by atoms with Crippen LogP contribution >= 0.6 is 0 Å². The SMILES string of the molecule is O=C(C(C(F)(F)F)C(F)(F)F)N1CC[C@H]2CNC[C@H]21. The zero-order valence-electron chi connectivity index (χ0n) is 9.68. The zero-order valence-corrected chi connectivity index (χ0v) is 9.68. The number of carbonyl (C=O) groups is 1. The largest absolute Gasteiger partial charge is 0.409 e. The van der Waals surface area contributed by atoms with Gasteiger partial charge in [-0.3, -0.25) is 4.79 Å². The van der Waals surface area contributed by atoms with Gasteiger partial charge in [0.1, 0.15) is 0 Å². The fraction of sp³-hybridized carbons (Fsp3) is 0.900. The molecule has 0 radical (unpaired) electrons. The van der Waals surface area contributed by atoms with Crippen LogP contribution in [0, 0.1) is 11.8 Å². The Labute approximate surface area is 104 Å². The topological polar surface area (TPSA) is 32.3 Å². The van der Waals surface area contributed by atoms with Crippen molar-refractivity contribution in [1.82, 2.24) is 10.2 Å². The molecule has 2 atom stereocenters. The molecule has 9 heteroatoms. The number of hydrogen-bond donors (Lipinski definition) is 1. The third-order valence-electron chi connectivity index (χ3n) is 3.63. The van der Waals surface area contributed by atoms with E-state index in [-0.39, 0.29) is 19.0 Å². The molecule has 110 valence electrons. The number of alkyl halides is 6. The first-order valence-corrected chi connectivity index (χ1v) is 5.77. The fourth-order valence-electron chi connectivity index (χ4n) is 2.75. The van der Waals surface area contributed by atoms with E-state index in [0.29, 0.717) is 13.0 Å². The van der Waals surface area contributed by atoms with Gasteiger partial charge >= 0.3 is 12.4 Å². The van der Waals surface area contributed by atoms with Gasteiger partial charge in [-0.15, -0.1) is 0 Å². The number of carbonyl (C=O) groups excluding carboxylic acids is 1. The average molecular weight is 290 g/mol. The molecule has 2 heterocycles. The highest BCUT2D eigenvalue weighted by Gasteiger charge is 2.63. The summed E-state index contributed by atoms with van der Waals surface area (Å²) in [6.45, 7) is 0.731. The predicted molar refractivity (Wildman–Crippen MR) is 52.1 cm³/mol. The molecule has 2 rings (SSSR count). The summed E-state index contributed by atoms with van der Waals surface area (Å²) in [6.07, 6.45) is -10.8. The lowest BCUT2D eigenvalue weighted by Gasteiger charge is -2.30. The average Bonchev–Trinajstić information content (AvgIpc) is 2.70. The summed E-state index contributed by atoms with van der Waals surface area (Å²) >= 11 is 0. The van der Waals surface area contributed by atoms with Crippen molar-refractivity contribution in [3.8, 4) is 0 Å². The summed E-state index contributed by atoms with van der Waals surface area (Å²) in [4.78, 5) is 12.4. The highest BCUT2D eigenvalue weighted by Crippen LogP contribution is 2.42. The smallest absolute Gasteiger partial charge is 0.337 e. The normalized spacial score (nSPS) is 28.1. The Bertz CT molecular complexity index is 352. The molecule has 2 fully saturated rings. The van der Waals surface area contributed by atoms with Gasteiger partial charge < -0.3 is 10.2 Å². The molecule has 2 aliphatic rings. The lowest BCUT2D eigenvalue weighted by atomic mass is 10.0. The Hall–Kier alpha value is -0.990. The van der Waals surface area contributed by atoms with Crippen LogP contribution in [0.25, 0.3) is 0 Å². The minimum atomic E-state index is -5.61. The van der Waals surface area contributed by atoms with E-state index >= 15 is 0 Å². The zero-order chi connectivity index (χ0) is 14.4. The summed E-state index contributed by atoms with van der Waals surface area (Å²) in [7, 11) is 0. The first-order chi connectivity index (χ1) is 8.62. The molecule has 0 aromatic carbocycles. The lowest BCUT2D eigenvalue weighted by Crippen LogP contribution is -2.51. The van der Waals surface area contributed by atoms with Crippen molar-refractivity contribution in [2.75, 3.05) is 19.6 Å². The quantitative estimate of drug-likeness (QED) is 0.743. The molecule has 3 nitrogen and oxygen atoms in total. The third-order valence-corrected chi connectivity index (χ3v) is 3.63. The van der Waals surface area contributed by atoms with Gasteiger partial charge in [-0.05, 0) is 12.3 Å². The molecule has 1 N–H and O–H groups in total. The van der Waals surface area contributed by atoms with E-state index in [0.717, 1.165) is 4.90 Å². The van der Waals surface area contributed by atoms with Crippen LogP contribution in [0.15, 0.2) is 0 Å². The molecular weight excluding hydrogens is 278 g/mol. The first-order valence-electron chi connectivity index (χ1n) is 5.77. The summed E-state index contributed by atoms with van der Waals surface area (Å²) in [6, 6.07) is -0.556. The maximum absolute atomic E-state index is 12.5. The molecule has 0 bridgehead atoms. The molecule has 0 aliphatic carbocycles. The number of likely N-dealkylation sites (tertiary alicyclic amines) is 1. The standard InChI is InChI=1S/C10H12F6N2O/c11-9(12,13)7(10(14,15)16)8(19)18-2-1-5-3-17-4-6(5)18/h5-7,17H,1-4H2/t5-,6+/m0/s1. The summed E-state index contributed by atoms with van der Waals surface area (Å²) in [5.74, 6) is -5.85. The van der Waals surface area contributed by atoms with Crippen molar-refractivity contribution >= 4 is 5.91 Å². The number of fused-ring (bicyclic) bond motifs is 1. The monoisotopic (exact) mass is 290 g/mol. The third kappa shape index (κ3) is 2.65. The number of rotatable bonds is 1. The molecular formula is C10H12F6N2O. The fourth-order valence-corrected chi connectivity index (χ4v) is 2.75. The second kappa shape index (κ2) is 4.53. The van der Waals surface area contributed by atoms with Gasteiger partial charge in [0.15, 0.2) is 0 Å². The van der Waals surface area contributed by atoms with Gasteiger partial charge in [0.25, 0.3) is 0 Å².